The molecule has 0 fully saturated rings. The maximum atomic E-state index is 11.8. The molecule has 1 amide bonds. The molecule has 0 spiro atoms. The van der Waals surface area contributed by atoms with Crippen molar-refractivity contribution >= 4 is 35.8 Å². The van der Waals surface area contributed by atoms with Crippen molar-refractivity contribution in [1.29, 1.82) is 0 Å². The minimum absolute atomic E-state index is 0. The number of rotatable bonds is 9. The van der Waals surface area contributed by atoms with Gasteiger partial charge in [-0.15, -0.1) is 24.0 Å². The first-order chi connectivity index (χ1) is 10.7. The van der Waals surface area contributed by atoms with Gasteiger partial charge in [-0.3, -0.25) is 9.79 Å². The molecule has 1 aromatic rings. The van der Waals surface area contributed by atoms with Gasteiger partial charge in [0.05, 0.1) is 12.9 Å². The number of guanidine groups is 1. The monoisotopic (exact) mass is 438 g/mol. The summed E-state index contributed by atoms with van der Waals surface area (Å²) in [6, 6.07) is 1.77. The van der Waals surface area contributed by atoms with Crippen LogP contribution in [0.5, 0.6) is 0 Å². The number of halogens is 1. The van der Waals surface area contributed by atoms with Crippen molar-refractivity contribution < 1.29 is 13.9 Å². The lowest BCUT2D eigenvalue weighted by Crippen LogP contribution is -2.39. The van der Waals surface area contributed by atoms with E-state index in [-0.39, 0.29) is 29.9 Å². The average Bonchev–Trinajstić information content (AvgIpc) is 2.93. The maximum absolute atomic E-state index is 11.8. The molecule has 3 N–H and O–H groups in total. The zero-order valence-electron chi connectivity index (χ0n) is 14.0. The van der Waals surface area contributed by atoms with Crippen LogP contribution < -0.4 is 16.0 Å². The van der Waals surface area contributed by atoms with Gasteiger partial charge in [0.15, 0.2) is 11.7 Å². The van der Waals surface area contributed by atoms with E-state index in [0.29, 0.717) is 32.0 Å². The van der Waals surface area contributed by atoms with E-state index < -0.39 is 0 Å². The normalized spacial score (nSPS) is 10.8. The lowest BCUT2D eigenvalue weighted by atomic mass is 10.2. The number of ether oxygens (including phenoxy) is 1. The number of hydrogen-bond acceptors (Lipinski definition) is 4. The Kier molecular flexibility index (Phi) is 12.4. The van der Waals surface area contributed by atoms with Gasteiger partial charge in [-0.25, -0.2) is 0 Å². The van der Waals surface area contributed by atoms with Gasteiger partial charge >= 0.3 is 0 Å². The molecule has 0 aliphatic carbocycles. The fourth-order valence-electron chi connectivity index (χ4n) is 1.77. The molecule has 1 heterocycles. The molecule has 7 nitrogen and oxygen atoms in total. The van der Waals surface area contributed by atoms with Crippen molar-refractivity contribution in [2.75, 3.05) is 39.9 Å². The van der Waals surface area contributed by atoms with E-state index in [4.69, 9.17) is 9.15 Å². The van der Waals surface area contributed by atoms with Crippen molar-refractivity contribution in [1.82, 2.24) is 16.0 Å². The Hall–Kier alpha value is -1.29. The number of furan rings is 1. The van der Waals surface area contributed by atoms with Gasteiger partial charge in [0.25, 0.3) is 5.91 Å². The molecule has 0 aromatic carbocycles. The Labute approximate surface area is 154 Å². The van der Waals surface area contributed by atoms with Gasteiger partial charge in [0, 0.05) is 38.9 Å². The minimum atomic E-state index is -0.184. The van der Waals surface area contributed by atoms with Crippen LogP contribution in [-0.2, 0) is 4.74 Å². The molecular weight excluding hydrogens is 411 g/mol. The Bertz CT molecular complexity index is 477. The van der Waals surface area contributed by atoms with E-state index in [1.807, 2.05) is 13.8 Å². The summed E-state index contributed by atoms with van der Waals surface area (Å²) in [7, 11) is 1.66. The molecule has 0 saturated carbocycles. The maximum Gasteiger partial charge on any atom is 0.287 e. The van der Waals surface area contributed by atoms with E-state index in [0.717, 1.165) is 24.5 Å². The summed E-state index contributed by atoms with van der Waals surface area (Å²) in [6.45, 7) is 7.17. The minimum Gasteiger partial charge on any atom is -0.459 e. The predicted molar refractivity (Wildman–Crippen MR) is 102 cm³/mol. The van der Waals surface area contributed by atoms with Crippen LogP contribution >= 0.6 is 24.0 Å². The van der Waals surface area contributed by atoms with Crippen LogP contribution in [0.15, 0.2) is 21.7 Å². The van der Waals surface area contributed by atoms with Gasteiger partial charge in [-0.2, -0.15) is 0 Å². The first kappa shape index (κ1) is 21.7. The molecule has 0 aliphatic heterocycles. The fourth-order valence-corrected chi connectivity index (χ4v) is 1.77. The lowest BCUT2D eigenvalue weighted by Gasteiger charge is -2.10. The summed E-state index contributed by atoms with van der Waals surface area (Å²) in [6.07, 6.45) is 2.27. The number of nitrogens with zero attached hydrogens (tertiary/aromatic N) is 1. The molecule has 1 rings (SSSR count). The number of hydrogen-bond donors (Lipinski definition) is 3. The summed E-state index contributed by atoms with van der Waals surface area (Å²) in [5, 5.41) is 9.14. The summed E-state index contributed by atoms with van der Waals surface area (Å²) in [5.74, 6) is 0.947. The van der Waals surface area contributed by atoms with E-state index in [9.17, 15) is 4.79 Å². The topological polar surface area (TPSA) is 87.9 Å². The van der Waals surface area contributed by atoms with E-state index in [1.165, 1.54) is 6.26 Å². The molecule has 1 aromatic heterocycles. The van der Waals surface area contributed by atoms with Gasteiger partial charge in [0.2, 0.25) is 0 Å². The quantitative estimate of drug-likeness (QED) is 0.236. The Balaban J connectivity index is 0.00000484. The van der Waals surface area contributed by atoms with E-state index in [2.05, 4.69) is 20.9 Å². The highest BCUT2D eigenvalue weighted by molar-refractivity contribution is 14.0. The second kappa shape index (κ2) is 13.2. The molecule has 0 atom stereocenters. The van der Waals surface area contributed by atoms with Gasteiger partial charge in [-0.05, 0) is 26.3 Å². The fraction of sp³-hybridized carbons (Fsp3) is 0.600. The van der Waals surface area contributed by atoms with Crippen molar-refractivity contribution in [3.8, 4) is 0 Å². The van der Waals surface area contributed by atoms with Gasteiger partial charge < -0.3 is 25.1 Å². The average molecular weight is 438 g/mol. The highest BCUT2D eigenvalue weighted by atomic mass is 127. The number of carbonyl (C=O) groups is 1. The molecule has 23 heavy (non-hydrogen) atoms. The summed E-state index contributed by atoms with van der Waals surface area (Å²) in [4.78, 5) is 16.2. The third-order valence-corrected chi connectivity index (χ3v) is 2.90. The number of nitrogens with one attached hydrogen (secondary N) is 3. The summed E-state index contributed by atoms with van der Waals surface area (Å²) < 4.78 is 10.1. The lowest BCUT2D eigenvalue weighted by molar-refractivity contribution is 0.0925. The van der Waals surface area contributed by atoms with Crippen LogP contribution in [0.3, 0.4) is 0 Å². The van der Waals surface area contributed by atoms with Crippen LogP contribution in [-0.4, -0.2) is 51.8 Å². The second-order valence-corrected chi connectivity index (χ2v) is 4.72. The molecular formula is C15H27IN4O3. The number of aliphatic imine (C=N–C) groups is 1. The van der Waals surface area contributed by atoms with E-state index >= 15 is 0 Å². The first-order valence-electron chi connectivity index (χ1n) is 7.52. The van der Waals surface area contributed by atoms with Crippen molar-refractivity contribution in [3.05, 3.63) is 23.7 Å². The molecule has 0 unspecified atom stereocenters. The molecule has 0 bridgehead atoms. The number of aryl methyl sites for hydroxylation is 1. The van der Waals surface area contributed by atoms with Crippen LogP contribution in [0, 0.1) is 6.92 Å². The first-order valence-corrected chi connectivity index (χ1v) is 7.52. The number of methoxy groups -OCH3 is 1. The highest BCUT2D eigenvalue weighted by Crippen LogP contribution is 2.07. The smallest absolute Gasteiger partial charge is 0.287 e. The van der Waals surface area contributed by atoms with Crippen LogP contribution in [0.1, 0.15) is 29.5 Å². The van der Waals surface area contributed by atoms with Gasteiger partial charge in [0.1, 0.15) is 0 Å². The summed E-state index contributed by atoms with van der Waals surface area (Å²) >= 11 is 0. The molecule has 8 heteroatoms. The Morgan fingerprint density at radius 3 is 2.70 bits per heavy atom. The molecule has 0 aliphatic rings. The van der Waals surface area contributed by atoms with Crippen molar-refractivity contribution in [2.24, 2.45) is 4.99 Å². The largest absolute Gasteiger partial charge is 0.459 e. The number of amides is 1. The Morgan fingerprint density at radius 2 is 2.09 bits per heavy atom. The summed E-state index contributed by atoms with van der Waals surface area (Å²) in [5.41, 5.74) is 0.840. The van der Waals surface area contributed by atoms with Crippen molar-refractivity contribution in [2.45, 2.75) is 20.3 Å². The number of carbonyl (C=O) groups excluding carboxylic acids is 1. The van der Waals surface area contributed by atoms with E-state index in [1.54, 1.807) is 13.2 Å². The standard InChI is InChI=1S/C15H26N4O3.HI/c1-4-16-15(19-9-11-21-3)18-8-5-7-17-14(20)13-12(2)6-10-22-13;/h6,10H,4-5,7-9,11H2,1-3H3,(H,17,20)(H2,16,18,19);1H. The third kappa shape index (κ3) is 8.80. The van der Waals surface area contributed by atoms with Crippen LogP contribution in [0.2, 0.25) is 0 Å². The highest BCUT2D eigenvalue weighted by Gasteiger charge is 2.11. The third-order valence-electron chi connectivity index (χ3n) is 2.90. The molecule has 0 radical (unpaired) electrons. The Morgan fingerprint density at radius 1 is 1.30 bits per heavy atom. The van der Waals surface area contributed by atoms with Crippen LogP contribution in [0.25, 0.3) is 0 Å². The zero-order chi connectivity index (χ0) is 16.2. The van der Waals surface area contributed by atoms with Crippen LogP contribution in [0.4, 0.5) is 0 Å². The zero-order valence-corrected chi connectivity index (χ0v) is 16.3. The second-order valence-electron chi connectivity index (χ2n) is 4.72. The van der Waals surface area contributed by atoms with Gasteiger partial charge in [-0.1, -0.05) is 0 Å². The van der Waals surface area contributed by atoms with Crippen molar-refractivity contribution in [3.63, 3.8) is 0 Å². The molecule has 132 valence electrons. The predicted octanol–water partition coefficient (Wildman–Crippen LogP) is 1.53. The molecule has 0 saturated heterocycles. The SMILES string of the molecule is CCNC(=NCCCNC(=O)c1occc1C)NCCOC.I.